The van der Waals surface area contributed by atoms with Crippen LogP contribution < -0.4 is 4.74 Å². The molecule has 7 nitrogen and oxygen atoms in total. The number of halogens is 1. The third-order valence-corrected chi connectivity index (χ3v) is 6.82. The van der Waals surface area contributed by atoms with E-state index in [0.29, 0.717) is 23.9 Å². The van der Waals surface area contributed by atoms with Crippen molar-refractivity contribution in [1.29, 1.82) is 0 Å². The van der Waals surface area contributed by atoms with E-state index in [1.807, 2.05) is 52.1 Å². The van der Waals surface area contributed by atoms with E-state index in [4.69, 9.17) is 16.3 Å². The fourth-order valence-corrected chi connectivity index (χ4v) is 4.86. The lowest BCUT2D eigenvalue weighted by molar-refractivity contribution is 0.0739. The Morgan fingerprint density at radius 3 is 2.56 bits per heavy atom. The number of rotatable bonds is 11. The number of H-pyrrole nitrogens is 1. The average Bonchev–Trinajstić information content (AvgIpc) is 3.62. The van der Waals surface area contributed by atoms with Crippen molar-refractivity contribution in [3.63, 3.8) is 0 Å². The zero-order valence-electron chi connectivity index (χ0n) is 20.4. The molecule has 0 saturated carbocycles. The van der Waals surface area contributed by atoms with E-state index in [1.54, 1.807) is 12.5 Å². The lowest BCUT2D eigenvalue weighted by Crippen LogP contribution is -2.31. The molecule has 1 atom stereocenters. The van der Waals surface area contributed by atoms with Crippen LogP contribution in [-0.4, -0.2) is 43.7 Å². The number of imidazole rings is 1. The number of nitrogens with zero attached hydrogens (tertiary/aromatic N) is 4. The number of carbonyl (C=O) groups is 1. The topological polar surface area (TPSA) is 76.0 Å². The molecule has 0 saturated heterocycles. The minimum atomic E-state index is -0.242. The normalized spacial score (nSPS) is 14.9. The summed E-state index contributed by atoms with van der Waals surface area (Å²) < 4.78 is 7.95. The Labute approximate surface area is 216 Å². The number of benzene rings is 2. The standard InChI is InChI=1S/C28H30ClN5O2/c1-2-3-4-18-36-23-12-8-21(9-13-23)27-24-25(20-6-10-22(29)11-7-20)31-32-26(24)28(35)34(27)16-5-15-33-17-14-30-19-33/h6-14,17,19,27H,2-5,15-16,18H2,1H3,(H,31,32). The molecule has 3 heterocycles. The lowest BCUT2D eigenvalue weighted by Gasteiger charge is -2.26. The molecule has 8 heteroatoms. The van der Waals surface area contributed by atoms with E-state index in [0.717, 1.165) is 60.4 Å². The molecule has 1 unspecified atom stereocenters. The Morgan fingerprint density at radius 2 is 1.83 bits per heavy atom. The third kappa shape index (κ3) is 5.02. The van der Waals surface area contributed by atoms with Gasteiger partial charge >= 0.3 is 0 Å². The van der Waals surface area contributed by atoms with Crippen LogP contribution in [0.15, 0.2) is 67.3 Å². The molecule has 4 aromatic rings. The van der Waals surface area contributed by atoms with Crippen LogP contribution >= 0.6 is 11.6 Å². The van der Waals surface area contributed by atoms with Gasteiger partial charge in [-0.2, -0.15) is 5.10 Å². The van der Waals surface area contributed by atoms with Crippen LogP contribution in [0.3, 0.4) is 0 Å². The van der Waals surface area contributed by atoms with Gasteiger partial charge in [0, 0.05) is 41.6 Å². The van der Waals surface area contributed by atoms with Crippen LogP contribution in [-0.2, 0) is 6.54 Å². The largest absolute Gasteiger partial charge is 0.494 e. The molecular formula is C28H30ClN5O2. The Balaban J connectivity index is 1.44. The van der Waals surface area contributed by atoms with E-state index in [-0.39, 0.29) is 11.9 Å². The molecule has 1 amide bonds. The number of fused-ring (bicyclic) bond motifs is 1. The van der Waals surface area contributed by atoms with Crippen molar-refractivity contribution < 1.29 is 9.53 Å². The molecule has 1 N–H and O–H groups in total. The first-order valence-corrected chi connectivity index (χ1v) is 12.9. The van der Waals surface area contributed by atoms with Crippen molar-refractivity contribution in [3.8, 4) is 17.0 Å². The SMILES string of the molecule is CCCCCOc1ccc(C2c3c(-c4ccc(Cl)cc4)n[nH]c3C(=O)N2CCCn2ccnc2)cc1. The maximum absolute atomic E-state index is 13.5. The van der Waals surface area contributed by atoms with Gasteiger partial charge in [0.15, 0.2) is 0 Å². The number of amides is 1. The molecule has 1 aliphatic heterocycles. The van der Waals surface area contributed by atoms with E-state index in [2.05, 4.69) is 34.2 Å². The fraction of sp³-hybridized carbons (Fsp3) is 0.321. The van der Waals surface area contributed by atoms with Crippen molar-refractivity contribution in [3.05, 3.63) is 89.1 Å². The second-order valence-corrected chi connectivity index (χ2v) is 9.48. The summed E-state index contributed by atoms with van der Waals surface area (Å²) in [6.07, 6.45) is 9.69. The van der Waals surface area contributed by atoms with E-state index in [9.17, 15) is 4.79 Å². The van der Waals surface area contributed by atoms with Crippen molar-refractivity contribution in [2.45, 2.75) is 45.2 Å². The quantitative estimate of drug-likeness (QED) is 0.250. The molecule has 2 aromatic carbocycles. The van der Waals surface area contributed by atoms with Gasteiger partial charge in [0.2, 0.25) is 0 Å². The highest BCUT2D eigenvalue weighted by Crippen LogP contribution is 2.43. The van der Waals surface area contributed by atoms with Crippen LogP contribution in [0, 0.1) is 0 Å². The predicted octanol–water partition coefficient (Wildman–Crippen LogP) is 6.13. The summed E-state index contributed by atoms with van der Waals surface area (Å²) in [4.78, 5) is 19.6. The molecule has 0 radical (unpaired) electrons. The first-order valence-electron chi connectivity index (χ1n) is 12.5. The second kappa shape index (κ2) is 11.0. The Bertz CT molecular complexity index is 1280. The summed E-state index contributed by atoms with van der Waals surface area (Å²) in [5.41, 5.74) is 4.18. The third-order valence-electron chi connectivity index (χ3n) is 6.57. The van der Waals surface area contributed by atoms with Crippen molar-refractivity contribution in [2.75, 3.05) is 13.2 Å². The molecule has 0 aliphatic carbocycles. The highest BCUT2D eigenvalue weighted by Gasteiger charge is 2.41. The zero-order chi connectivity index (χ0) is 24.9. The number of aromatic amines is 1. The Morgan fingerprint density at radius 1 is 1.03 bits per heavy atom. The number of aryl methyl sites for hydroxylation is 1. The highest BCUT2D eigenvalue weighted by atomic mass is 35.5. The molecular weight excluding hydrogens is 474 g/mol. The van der Waals surface area contributed by atoms with Crippen LogP contribution in [0.2, 0.25) is 5.02 Å². The summed E-state index contributed by atoms with van der Waals surface area (Å²) in [7, 11) is 0. The average molecular weight is 504 g/mol. The first-order chi connectivity index (χ1) is 17.7. The number of nitrogens with one attached hydrogen (secondary N) is 1. The van der Waals surface area contributed by atoms with Crippen LogP contribution in [0.4, 0.5) is 0 Å². The first kappa shape index (κ1) is 24.1. The van der Waals surface area contributed by atoms with Gasteiger partial charge in [-0.3, -0.25) is 9.89 Å². The summed E-state index contributed by atoms with van der Waals surface area (Å²) in [6.45, 7) is 4.29. The van der Waals surface area contributed by atoms with Gasteiger partial charge < -0.3 is 14.2 Å². The van der Waals surface area contributed by atoms with Gasteiger partial charge in [0.25, 0.3) is 5.91 Å². The van der Waals surface area contributed by atoms with E-state index >= 15 is 0 Å². The molecule has 1 aliphatic rings. The summed E-state index contributed by atoms with van der Waals surface area (Å²) in [5.74, 6) is 0.810. The minimum Gasteiger partial charge on any atom is -0.494 e. The maximum Gasteiger partial charge on any atom is 0.273 e. The van der Waals surface area contributed by atoms with Crippen molar-refractivity contribution in [1.82, 2.24) is 24.6 Å². The number of hydrogen-bond donors (Lipinski definition) is 1. The van der Waals surface area contributed by atoms with Gasteiger partial charge in [-0.05, 0) is 42.7 Å². The number of unbranched alkanes of at least 4 members (excludes halogenated alkanes) is 2. The molecule has 2 aromatic heterocycles. The zero-order valence-corrected chi connectivity index (χ0v) is 21.1. The van der Waals surface area contributed by atoms with Gasteiger partial charge in [-0.15, -0.1) is 0 Å². The number of carbonyl (C=O) groups excluding carboxylic acids is 1. The van der Waals surface area contributed by atoms with Crippen molar-refractivity contribution >= 4 is 17.5 Å². The molecule has 0 spiro atoms. The summed E-state index contributed by atoms with van der Waals surface area (Å²) in [5, 5.41) is 8.22. The van der Waals surface area contributed by atoms with Crippen LogP contribution in [0.25, 0.3) is 11.3 Å². The molecule has 0 fully saturated rings. The summed E-state index contributed by atoms with van der Waals surface area (Å²) in [6, 6.07) is 15.4. The van der Waals surface area contributed by atoms with E-state index < -0.39 is 0 Å². The van der Waals surface area contributed by atoms with Gasteiger partial charge in [-0.1, -0.05) is 55.6 Å². The smallest absolute Gasteiger partial charge is 0.273 e. The number of ether oxygens (including phenoxy) is 1. The van der Waals surface area contributed by atoms with Gasteiger partial charge in [0.05, 0.1) is 24.7 Å². The predicted molar refractivity (Wildman–Crippen MR) is 140 cm³/mol. The maximum atomic E-state index is 13.5. The molecule has 36 heavy (non-hydrogen) atoms. The molecule has 186 valence electrons. The van der Waals surface area contributed by atoms with Gasteiger partial charge in [-0.25, -0.2) is 4.98 Å². The minimum absolute atomic E-state index is 0.0340. The number of hydrogen-bond acceptors (Lipinski definition) is 4. The van der Waals surface area contributed by atoms with E-state index in [1.165, 1.54) is 0 Å². The summed E-state index contributed by atoms with van der Waals surface area (Å²) >= 11 is 6.12. The number of aromatic nitrogens is 4. The fourth-order valence-electron chi connectivity index (χ4n) is 4.73. The van der Waals surface area contributed by atoms with Crippen LogP contribution in [0.5, 0.6) is 5.75 Å². The highest BCUT2D eigenvalue weighted by molar-refractivity contribution is 6.30. The molecule has 5 rings (SSSR count). The van der Waals surface area contributed by atoms with Crippen LogP contribution in [0.1, 0.15) is 60.3 Å². The molecule has 0 bridgehead atoms. The lowest BCUT2D eigenvalue weighted by atomic mass is 9.96. The second-order valence-electron chi connectivity index (χ2n) is 9.05. The Kier molecular flexibility index (Phi) is 7.37. The Hall–Kier alpha value is -3.58. The van der Waals surface area contributed by atoms with Crippen molar-refractivity contribution in [2.24, 2.45) is 0 Å². The monoisotopic (exact) mass is 503 g/mol. The van der Waals surface area contributed by atoms with Gasteiger partial charge in [0.1, 0.15) is 11.4 Å².